The molecule has 1 aromatic heterocycles. The number of aliphatic carboxylic acids is 1. The second-order valence-electron chi connectivity index (χ2n) is 9.79. The fourth-order valence-electron chi connectivity index (χ4n) is 4.94. The number of rotatable bonds is 12. The molecule has 0 saturated carbocycles. The SMILES string of the molecule is O=C(O)COCCOCCN1CCC(c2ccc(Oc3c(-c4ccc(F)cc4)sc4cc(O)ccc34)cc2)CC1. The minimum absolute atomic E-state index is 0.191. The van der Waals surface area contributed by atoms with E-state index >= 15 is 0 Å². The molecule has 9 heteroatoms. The topological polar surface area (TPSA) is 88.5 Å². The Balaban J connectivity index is 1.17. The van der Waals surface area contributed by atoms with Crippen molar-refractivity contribution in [3.05, 3.63) is 78.1 Å². The van der Waals surface area contributed by atoms with Crippen LogP contribution in [0.2, 0.25) is 0 Å². The summed E-state index contributed by atoms with van der Waals surface area (Å²) in [6.45, 7) is 3.83. The molecule has 7 nitrogen and oxygen atoms in total. The van der Waals surface area contributed by atoms with Gasteiger partial charge in [0.05, 0.1) is 24.7 Å². The number of hydrogen-bond acceptors (Lipinski definition) is 7. The van der Waals surface area contributed by atoms with Crippen LogP contribution in [0.15, 0.2) is 66.7 Å². The largest absolute Gasteiger partial charge is 0.508 e. The molecule has 0 bridgehead atoms. The predicted octanol–water partition coefficient (Wildman–Crippen LogP) is 6.50. The summed E-state index contributed by atoms with van der Waals surface area (Å²) in [6.07, 6.45) is 2.13. The van der Waals surface area contributed by atoms with Crippen molar-refractivity contribution in [2.24, 2.45) is 0 Å². The highest BCUT2D eigenvalue weighted by molar-refractivity contribution is 7.22. The van der Waals surface area contributed by atoms with Crippen LogP contribution < -0.4 is 4.74 Å². The molecule has 5 rings (SSSR count). The highest BCUT2D eigenvalue weighted by Gasteiger charge is 2.21. The number of benzene rings is 3. The maximum Gasteiger partial charge on any atom is 0.329 e. The molecule has 1 aliphatic rings. The van der Waals surface area contributed by atoms with Gasteiger partial charge in [0.15, 0.2) is 5.75 Å². The van der Waals surface area contributed by atoms with E-state index in [2.05, 4.69) is 17.0 Å². The highest BCUT2D eigenvalue weighted by atomic mass is 32.1. The van der Waals surface area contributed by atoms with Gasteiger partial charge in [-0.05, 0) is 85.4 Å². The molecule has 40 heavy (non-hydrogen) atoms. The number of halogens is 1. The van der Waals surface area contributed by atoms with E-state index in [1.54, 1.807) is 24.3 Å². The van der Waals surface area contributed by atoms with Crippen molar-refractivity contribution in [1.82, 2.24) is 4.90 Å². The Hall–Kier alpha value is -3.50. The second kappa shape index (κ2) is 13.2. The smallest absolute Gasteiger partial charge is 0.329 e. The van der Waals surface area contributed by atoms with E-state index in [9.17, 15) is 14.3 Å². The van der Waals surface area contributed by atoms with Gasteiger partial charge in [-0.3, -0.25) is 0 Å². The normalized spacial score (nSPS) is 14.5. The van der Waals surface area contributed by atoms with Crippen LogP contribution in [0.5, 0.6) is 17.2 Å². The summed E-state index contributed by atoms with van der Waals surface area (Å²) < 4.78 is 31.4. The first kappa shape index (κ1) is 28.0. The average molecular weight is 566 g/mol. The van der Waals surface area contributed by atoms with E-state index in [1.165, 1.54) is 29.0 Å². The van der Waals surface area contributed by atoms with Crippen LogP contribution in [0.1, 0.15) is 24.3 Å². The molecule has 210 valence electrons. The molecule has 2 N–H and O–H groups in total. The van der Waals surface area contributed by atoms with E-state index in [0.29, 0.717) is 24.9 Å². The lowest BCUT2D eigenvalue weighted by molar-refractivity contribution is -0.142. The minimum atomic E-state index is -0.973. The number of carboxylic acid groups (broad SMARTS) is 1. The zero-order valence-corrected chi connectivity index (χ0v) is 22.9. The molecule has 0 atom stereocenters. The molecule has 0 aliphatic carbocycles. The van der Waals surface area contributed by atoms with E-state index in [1.807, 2.05) is 18.2 Å². The summed E-state index contributed by atoms with van der Waals surface area (Å²) >= 11 is 1.50. The fraction of sp³-hybridized carbons (Fsp3) is 0.323. The molecule has 0 amide bonds. The summed E-state index contributed by atoms with van der Waals surface area (Å²) in [5.41, 5.74) is 2.15. The van der Waals surface area contributed by atoms with E-state index in [0.717, 1.165) is 58.8 Å². The number of carboxylic acids is 1. The van der Waals surface area contributed by atoms with Gasteiger partial charge in [0.25, 0.3) is 0 Å². The number of aromatic hydroxyl groups is 1. The van der Waals surface area contributed by atoms with Crippen LogP contribution in [-0.4, -0.2) is 67.1 Å². The van der Waals surface area contributed by atoms with E-state index in [4.69, 9.17) is 19.3 Å². The molecule has 0 unspecified atom stereocenters. The minimum Gasteiger partial charge on any atom is -0.508 e. The first-order chi connectivity index (χ1) is 19.5. The van der Waals surface area contributed by atoms with Crippen molar-refractivity contribution in [3.8, 4) is 27.7 Å². The van der Waals surface area contributed by atoms with Gasteiger partial charge in [0, 0.05) is 16.6 Å². The summed E-state index contributed by atoms with van der Waals surface area (Å²) in [6, 6.07) is 19.8. The van der Waals surface area contributed by atoms with Crippen molar-refractivity contribution >= 4 is 27.4 Å². The Morgan fingerprint density at radius 1 is 0.950 bits per heavy atom. The van der Waals surface area contributed by atoms with Crippen LogP contribution in [0.3, 0.4) is 0 Å². The number of phenolic OH excluding ortho intramolecular Hbond substituents is 1. The predicted molar refractivity (Wildman–Crippen MR) is 153 cm³/mol. The molecule has 3 aromatic carbocycles. The monoisotopic (exact) mass is 565 g/mol. The van der Waals surface area contributed by atoms with Crippen molar-refractivity contribution in [2.75, 3.05) is 46.1 Å². The van der Waals surface area contributed by atoms with Gasteiger partial charge in [-0.15, -0.1) is 11.3 Å². The lowest BCUT2D eigenvalue weighted by Crippen LogP contribution is -2.35. The summed E-state index contributed by atoms with van der Waals surface area (Å²) in [5, 5.41) is 19.4. The van der Waals surface area contributed by atoms with Gasteiger partial charge in [0.2, 0.25) is 0 Å². The Labute approximate surface area is 236 Å². The molecular formula is C31H32FNO6S. The number of likely N-dealkylation sites (tertiary alicyclic amines) is 1. The maximum absolute atomic E-state index is 13.6. The number of ether oxygens (including phenoxy) is 3. The van der Waals surface area contributed by atoms with Crippen LogP contribution in [0.4, 0.5) is 4.39 Å². The molecule has 2 heterocycles. The van der Waals surface area contributed by atoms with Crippen molar-refractivity contribution in [2.45, 2.75) is 18.8 Å². The van der Waals surface area contributed by atoms with Crippen molar-refractivity contribution in [1.29, 1.82) is 0 Å². The highest BCUT2D eigenvalue weighted by Crippen LogP contribution is 2.47. The standard InChI is InChI=1S/C31H32FNO6S/c32-24-5-1-23(2-6-24)31-30(27-10-7-25(34)19-28(27)40-31)39-26-8-3-21(4-9-26)22-11-13-33(14-12-22)15-16-37-17-18-38-20-29(35)36/h1-10,19,22,34H,11-18,20H2,(H,35,36). The van der Waals surface area contributed by atoms with Gasteiger partial charge >= 0.3 is 5.97 Å². The van der Waals surface area contributed by atoms with Crippen LogP contribution >= 0.6 is 11.3 Å². The molecule has 4 aromatic rings. The quantitative estimate of drug-likeness (QED) is 0.190. The van der Waals surface area contributed by atoms with E-state index < -0.39 is 5.97 Å². The lowest BCUT2D eigenvalue weighted by Gasteiger charge is -2.32. The van der Waals surface area contributed by atoms with E-state index in [-0.39, 0.29) is 24.8 Å². The summed E-state index contributed by atoms with van der Waals surface area (Å²) in [7, 11) is 0. The van der Waals surface area contributed by atoms with Crippen molar-refractivity contribution in [3.63, 3.8) is 0 Å². The van der Waals surface area contributed by atoms with Crippen molar-refractivity contribution < 1.29 is 33.6 Å². The van der Waals surface area contributed by atoms with Crippen LogP contribution in [0, 0.1) is 5.82 Å². The molecule has 0 spiro atoms. The third kappa shape index (κ3) is 7.17. The molecule has 0 radical (unpaired) electrons. The number of thiophene rings is 1. The maximum atomic E-state index is 13.6. The molecule has 1 fully saturated rings. The molecule has 1 saturated heterocycles. The number of phenols is 1. The zero-order valence-electron chi connectivity index (χ0n) is 22.1. The summed E-state index contributed by atoms with van der Waals surface area (Å²) in [5.74, 6) is 0.829. The second-order valence-corrected chi connectivity index (χ2v) is 10.8. The lowest BCUT2D eigenvalue weighted by atomic mass is 9.89. The van der Waals surface area contributed by atoms with Gasteiger partial charge in [-0.25, -0.2) is 9.18 Å². The number of fused-ring (bicyclic) bond motifs is 1. The molecular weight excluding hydrogens is 533 g/mol. The fourth-order valence-corrected chi connectivity index (χ4v) is 6.11. The number of piperidine rings is 1. The summed E-state index contributed by atoms with van der Waals surface area (Å²) in [4.78, 5) is 13.7. The Kier molecular flexibility index (Phi) is 9.28. The van der Waals surface area contributed by atoms with Gasteiger partial charge in [-0.1, -0.05) is 24.3 Å². The number of carbonyl (C=O) groups is 1. The number of hydrogen-bond donors (Lipinski definition) is 2. The van der Waals surface area contributed by atoms with Crippen LogP contribution in [0.25, 0.3) is 20.5 Å². The Bertz CT molecular complexity index is 1410. The third-order valence-electron chi connectivity index (χ3n) is 7.04. The Morgan fingerprint density at radius 2 is 1.68 bits per heavy atom. The first-order valence-corrected chi connectivity index (χ1v) is 14.2. The van der Waals surface area contributed by atoms with Gasteiger partial charge in [0.1, 0.15) is 23.9 Å². The molecule has 1 aliphatic heterocycles. The Morgan fingerprint density at radius 3 is 2.40 bits per heavy atom. The first-order valence-electron chi connectivity index (χ1n) is 13.3. The average Bonchev–Trinajstić information content (AvgIpc) is 3.30. The van der Waals surface area contributed by atoms with Gasteiger partial charge in [-0.2, -0.15) is 0 Å². The third-order valence-corrected chi connectivity index (χ3v) is 8.23. The van der Waals surface area contributed by atoms with Crippen LogP contribution in [-0.2, 0) is 14.3 Å². The number of nitrogens with zero attached hydrogens (tertiary/aromatic N) is 1. The van der Waals surface area contributed by atoms with Gasteiger partial charge < -0.3 is 29.3 Å². The zero-order chi connectivity index (χ0) is 27.9.